The Morgan fingerprint density at radius 3 is 2.74 bits per heavy atom. The smallest absolute Gasteiger partial charge is 0.343 e. The van der Waals surface area contributed by atoms with E-state index in [0.717, 1.165) is 5.56 Å². The molecule has 1 aromatic carbocycles. The average Bonchev–Trinajstić information content (AvgIpc) is 2.46. The van der Waals surface area contributed by atoms with E-state index in [9.17, 15) is 4.79 Å². The molecule has 0 fully saturated rings. The van der Waals surface area contributed by atoms with Crippen LogP contribution in [0, 0.1) is 0 Å². The molecular formula is C13H13N3O3. The summed E-state index contributed by atoms with van der Waals surface area (Å²) in [5, 5.41) is 0. The Bertz CT molecular complexity index is 614. The predicted molar refractivity (Wildman–Crippen MR) is 69.8 cm³/mol. The molecule has 0 radical (unpaired) electrons. The fraction of sp³-hybridized carbons (Fsp3) is 0.154. The van der Waals surface area contributed by atoms with Gasteiger partial charge >= 0.3 is 5.97 Å². The molecule has 6 heteroatoms. The topological polar surface area (TPSA) is 87.3 Å². The van der Waals surface area contributed by atoms with Crippen molar-refractivity contribution < 1.29 is 14.3 Å². The lowest BCUT2D eigenvalue weighted by Crippen LogP contribution is -2.09. The van der Waals surface area contributed by atoms with Gasteiger partial charge in [0.2, 0.25) is 0 Å². The first-order valence-electron chi connectivity index (χ1n) is 5.51. The van der Waals surface area contributed by atoms with Crippen molar-refractivity contribution in [3.05, 3.63) is 36.0 Å². The van der Waals surface area contributed by atoms with Crippen LogP contribution >= 0.6 is 0 Å². The summed E-state index contributed by atoms with van der Waals surface area (Å²) in [4.78, 5) is 19.6. The number of carbonyl (C=O) groups is 1. The molecule has 0 saturated carbocycles. The van der Waals surface area contributed by atoms with Crippen molar-refractivity contribution in [2.45, 2.75) is 0 Å². The number of esters is 1. The van der Waals surface area contributed by atoms with Crippen LogP contribution in [0.2, 0.25) is 0 Å². The van der Waals surface area contributed by atoms with E-state index in [1.165, 1.54) is 13.3 Å². The number of ether oxygens (including phenoxy) is 2. The summed E-state index contributed by atoms with van der Waals surface area (Å²) in [5.74, 6) is 0.634. The second kappa shape index (κ2) is 5.34. The van der Waals surface area contributed by atoms with E-state index < -0.39 is 5.97 Å². The van der Waals surface area contributed by atoms with Gasteiger partial charge in [-0.25, -0.2) is 14.8 Å². The van der Waals surface area contributed by atoms with E-state index in [1.54, 1.807) is 13.2 Å². The number of carbonyl (C=O) groups excluding carboxylic acids is 1. The Balaban J connectivity index is 2.41. The molecule has 0 aliphatic rings. The Morgan fingerprint density at radius 1 is 1.32 bits per heavy atom. The van der Waals surface area contributed by atoms with Crippen molar-refractivity contribution in [2.75, 3.05) is 20.0 Å². The summed E-state index contributed by atoms with van der Waals surface area (Å²) in [6.45, 7) is 0. The number of benzene rings is 1. The van der Waals surface area contributed by atoms with Gasteiger partial charge in [0.25, 0.3) is 0 Å². The molecule has 2 aromatic rings. The molecule has 0 aliphatic carbocycles. The minimum atomic E-state index is -0.560. The molecule has 0 spiro atoms. The van der Waals surface area contributed by atoms with E-state index >= 15 is 0 Å². The van der Waals surface area contributed by atoms with E-state index in [-0.39, 0.29) is 11.4 Å². The molecule has 19 heavy (non-hydrogen) atoms. The zero-order chi connectivity index (χ0) is 13.8. The highest BCUT2D eigenvalue weighted by Gasteiger charge is 2.13. The van der Waals surface area contributed by atoms with Gasteiger partial charge in [-0.15, -0.1) is 0 Å². The third-order valence-corrected chi connectivity index (χ3v) is 2.55. The predicted octanol–water partition coefficient (Wildman–Crippen LogP) is 1.52. The van der Waals surface area contributed by atoms with Crippen molar-refractivity contribution in [1.82, 2.24) is 9.97 Å². The summed E-state index contributed by atoms with van der Waals surface area (Å²) in [7, 11) is 2.85. The summed E-state index contributed by atoms with van der Waals surface area (Å²) >= 11 is 0. The first-order chi connectivity index (χ1) is 9.15. The summed E-state index contributed by atoms with van der Waals surface area (Å²) in [6, 6.07) is 7.25. The molecule has 0 unspecified atom stereocenters. The number of anilines is 1. The largest absolute Gasteiger partial charge is 0.497 e. The van der Waals surface area contributed by atoms with E-state index in [1.807, 2.05) is 18.2 Å². The van der Waals surface area contributed by atoms with E-state index in [4.69, 9.17) is 10.5 Å². The van der Waals surface area contributed by atoms with E-state index in [2.05, 4.69) is 14.7 Å². The van der Waals surface area contributed by atoms with Crippen LogP contribution in [0.4, 0.5) is 5.82 Å². The van der Waals surface area contributed by atoms with Gasteiger partial charge in [-0.3, -0.25) is 0 Å². The molecule has 0 bridgehead atoms. The van der Waals surface area contributed by atoms with Gasteiger partial charge in [-0.05, 0) is 12.1 Å². The lowest BCUT2D eigenvalue weighted by molar-refractivity contribution is 0.0601. The monoisotopic (exact) mass is 259 g/mol. The Labute approximate surface area is 110 Å². The van der Waals surface area contributed by atoms with Gasteiger partial charge in [0.05, 0.1) is 14.2 Å². The second-order valence-electron chi connectivity index (χ2n) is 3.72. The molecule has 0 amide bonds. The van der Waals surface area contributed by atoms with Crippen LogP contribution in [0.25, 0.3) is 11.4 Å². The molecule has 6 nitrogen and oxygen atoms in total. The minimum Gasteiger partial charge on any atom is -0.497 e. The number of nitrogen functional groups attached to an aromatic ring is 1. The molecule has 0 aliphatic heterocycles. The maximum absolute atomic E-state index is 11.4. The Kier molecular flexibility index (Phi) is 3.61. The minimum absolute atomic E-state index is 0.0830. The Morgan fingerprint density at radius 2 is 2.11 bits per heavy atom. The normalized spacial score (nSPS) is 10.0. The number of methoxy groups -OCH3 is 2. The van der Waals surface area contributed by atoms with Crippen LogP contribution in [-0.4, -0.2) is 30.2 Å². The average molecular weight is 259 g/mol. The summed E-state index contributed by atoms with van der Waals surface area (Å²) < 4.78 is 9.71. The van der Waals surface area contributed by atoms with Crippen LogP contribution in [0.3, 0.4) is 0 Å². The fourth-order valence-corrected chi connectivity index (χ4v) is 1.56. The summed E-state index contributed by atoms with van der Waals surface area (Å²) in [5.41, 5.74) is 6.62. The van der Waals surface area contributed by atoms with Crippen molar-refractivity contribution in [3.63, 3.8) is 0 Å². The van der Waals surface area contributed by atoms with Crippen LogP contribution < -0.4 is 10.5 Å². The van der Waals surface area contributed by atoms with Crippen LogP contribution in [-0.2, 0) is 4.74 Å². The third-order valence-electron chi connectivity index (χ3n) is 2.55. The van der Waals surface area contributed by atoms with Crippen LogP contribution in [0.1, 0.15) is 10.4 Å². The number of nitrogens with two attached hydrogens (primary N) is 1. The highest BCUT2D eigenvalue weighted by Crippen LogP contribution is 2.22. The number of aromatic nitrogens is 2. The van der Waals surface area contributed by atoms with Crippen molar-refractivity contribution in [1.29, 1.82) is 0 Å². The standard InChI is InChI=1S/C13H13N3O3/c1-18-9-5-3-4-8(6-9)12-15-7-10(11(14)16-12)13(17)19-2/h3-7H,1-2H3,(H2,14,15,16). The number of hydrogen-bond acceptors (Lipinski definition) is 6. The van der Waals surface area contributed by atoms with E-state index in [0.29, 0.717) is 11.6 Å². The third kappa shape index (κ3) is 2.62. The molecule has 0 atom stereocenters. The zero-order valence-corrected chi connectivity index (χ0v) is 10.6. The highest BCUT2D eigenvalue weighted by atomic mass is 16.5. The van der Waals surface area contributed by atoms with Crippen molar-refractivity contribution >= 4 is 11.8 Å². The number of rotatable bonds is 3. The van der Waals surface area contributed by atoms with Crippen molar-refractivity contribution in [2.24, 2.45) is 0 Å². The lowest BCUT2D eigenvalue weighted by Gasteiger charge is -2.06. The molecule has 1 aromatic heterocycles. The lowest BCUT2D eigenvalue weighted by atomic mass is 10.2. The number of nitrogens with zero attached hydrogens (tertiary/aromatic N) is 2. The first kappa shape index (κ1) is 12.8. The van der Waals surface area contributed by atoms with Gasteiger partial charge in [0, 0.05) is 11.8 Å². The van der Waals surface area contributed by atoms with Gasteiger partial charge in [-0.1, -0.05) is 12.1 Å². The Hall–Kier alpha value is -2.63. The second-order valence-corrected chi connectivity index (χ2v) is 3.72. The van der Waals surface area contributed by atoms with Crippen LogP contribution in [0.5, 0.6) is 5.75 Å². The maximum atomic E-state index is 11.4. The highest BCUT2D eigenvalue weighted by molar-refractivity contribution is 5.93. The van der Waals surface area contributed by atoms with Crippen molar-refractivity contribution in [3.8, 4) is 17.1 Å². The van der Waals surface area contributed by atoms with Gasteiger partial charge in [0.15, 0.2) is 5.82 Å². The van der Waals surface area contributed by atoms with Gasteiger partial charge in [-0.2, -0.15) is 0 Å². The fourth-order valence-electron chi connectivity index (χ4n) is 1.56. The molecule has 98 valence electrons. The quantitative estimate of drug-likeness (QED) is 0.841. The van der Waals surface area contributed by atoms with Gasteiger partial charge < -0.3 is 15.2 Å². The maximum Gasteiger partial charge on any atom is 0.343 e. The molecule has 2 N–H and O–H groups in total. The molecule has 2 rings (SSSR count). The molecular weight excluding hydrogens is 246 g/mol. The number of hydrogen-bond donors (Lipinski definition) is 1. The first-order valence-corrected chi connectivity index (χ1v) is 5.51. The summed E-state index contributed by atoms with van der Waals surface area (Å²) in [6.07, 6.45) is 1.35. The van der Waals surface area contributed by atoms with Crippen LogP contribution in [0.15, 0.2) is 30.5 Å². The SMILES string of the molecule is COC(=O)c1cnc(-c2cccc(OC)c2)nc1N. The van der Waals surface area contributed by atoms with Gasteiger partial charge in [0.1, 0.15) is 17.1 Å². The zero-order valence-electron chi connectivity index (χ0n) is 10.6. The molecule has 0 saturated heterocycles. The molecule has 1 heterocycles.